The molecule has 0 aliphatic carbocycles. The van der Waals surface area contributed by atoms with Crippen LogP contribution in [0.25, 0.3) is 0 Å². The van der Waals surface area contributed by atoms with Crippen molar-refractivity contribution in [1.29, 1.82) is 0 Å². The van der Waals surface area contributed by atoms with Gasteiger partial charge in [-0.2, -0.15) is 0 Å². The summed E-state index contributed by atoms with van der Waals surface area (Å²) < 4.78 is 0. The molecule has 0 aromatic carbocycles. The van der Waals surface area contributed by atoms with E-state index in [9.17, 15) is 5.11 Å². The molecule has 2 nitrogen and oxygen atoms in total. The SMILES string of the molecule is CCC(O)(C(C)=NC)C(C)C.[Sm]. The third kappa shape index (κ3) is 3.38. The first kappa shape index (κ1) is 15.4. The summed E-state index contributed by atoms with van der Waals surface area (Å²) in [5, 5.41) is 10.0. The minimum Gasteiger partial charge on any atom is -0.384 e. The first-order valence-electron chi connectivity index (χ1n) is 4.15. The first-order valence-corrected chi connectivity index (χ1v) is 4.15. The van der Waals surface area contributed by atoms with E-state index in [1.54, 1.807) is 7.05 Å². The van der Waals surface area contributed by atoms with Gasteiger partial charge in [0.25, 0.3) is 0 Å². The monoisotopic (exact) mass is 309 g/mol. The Kier molecular flexibility index (Phi) is 8.27. The Morgan fingerprint density at radius 1 is 1.50 bits per heavy atom. The van der Waals surface area contributed by atoms with Crippen molar-refractivity contribution in [3.8, 4) is 0 Å². The van der Waals surface area contributed by atoms with E-state index in [0.717, 1.165) is 12.1 Å². The Labute approximate surface area is 108 Å². The van der Waals surface area contributed by atoms with Crippen LogP contribution in [0.1, 0.15) is 34.1 Å². The molecule has 0 aliphatic heterocycles. The van der Waals surface area contributed by atoms with Crippen LogP contribution in [-0.2, 0) is 0 Å². The fraction of sp³-hybridized carbons (Fsp3) is 0.889. The maximum atomic E-state index is 10.0. The third-order valence-corrected chi connectivity index (χ3v) is 2.46. The molecule has 0 heterocycles. The molecule has 1 N–H and O–H groups in total. The number of rotatable bonds is 3. The van der Waals surface area contributed by atoms with Gasteiger partial charge >= 0.3 is 0 Å². The van der Waals surface area contributed by atoms with E-state index in [1.807, 2.05) is 27.7 Å². The molecule has 1 atom stereocenters. The molecule has 0 saturated heterocycles. The standard InChI is InChI=1S/C9H19NO.Sm/c1-6-9(11,7(2)3)8(4)10-5;/h7,11H,6H2,1-5H3;. The molecule has 0 fully saturated rings. The van der Waals surface area contributed by atoms with Crippen molar-refractivity contribution in [2.45, 2.75) is 39.7 Å². The van der Waals surface area contributed by atoms with Crippen molar-refractivity contribution < 1.29 is 45.5 Å². The third-order valence-electron chi connectivity index (χ3n) is 2.46. The van der Waals surface area contributed by atoms with Gasteiger partial charge in [0.05, 0.1) is 0 Å². The maximum absolute atomic E-state index is 10.0. The van der Waals surface area contributed by atoms with Gasteiger partial charge in [-0.3, -0.25) is 4.99 Å². The summed E-state index contributed by atoms with van der Waals surface area (Å²) in [4.78, 5) is 4.02. The smallest absolute Gasteiger partial charge is 0.104 e. The number of nitrogens with zero attached hydrogens (tertiary/aromatic N) is 1. The van der Waals surface area contributed by atoms with Gasteiger partial charge in [0.2, 0.25) is 0 Å². The van der Waals surface area contributed by atoms with Gasteiger partial charge in [-0.15, -0.1) is 0 Å². The van der Waals surface area contributed by atoms with E-state index >= 15 is 0 Å². The van der Waals surface area contributed by atoms with Crippen LogP contribution in [0, 0.1) is 46.3 Å². The van der Waals surface area contributed by atoms with E-state index in [4.69, 9.17) is 0 Å². The largest absolute Gasteiger partial charge is 0.384 e. The number of aliphatic hydroxyl groups is 1. The van der Waals surface area contributed by atoms with Gasteiger partial charge in [0.15, 0.2) is 0 Å². The van der Waals surface area contributed by atoms with Crippen LogP contribution in [0.15, 0.2) is 4.99 Å². The predicted octanol–water partition coefficient (Wildman–Crippen LogP) is 1.87. The Morgan fingerprint density at radius 2 is 1.92 bits per heavy atom. The van der Waals surface area contributed by atoms with Crippen LogP contribution in [0.3, 0.4) is 0 Å². The summed E-state index contributed by atoms with van der Waals surface area (Å²) in [6.45, 7) is 7.88. The summed E-state index contributed by atoms with van der Waals surface area (Å²) in [6.07, 6.45) is 0.730. The second-order valence-corrected chi connectivity index (χ2v) is 3.24. The Morgan fingerprint density at radius 3 is 2.00 bits per heavy atom. The van der Waals surface area contributed by atoms with Gasteiger partial charge in [0, 0.05) is 53.1 Å². The summed E-state index contributed by atoms with van der Waals surface area (Å²) >= 11 is 0. The van der Waals surface area contributed by atoms with Crippen LogP contribution in [0.2, 0.25) is 0 Å². The summed E-state index contributed by atoms with van der Waals surface area (Å²) in [5.74, 6) is 0.233. The van der Waals surface area contributed by atoms with Crippen molar-refractivity contribution in [2.75, 3.05) is 7.05 Å². The predicted molar refractivity (Wildman–Crippen MR) is 49.1 cm³/mol. The van der Waals surface area contributed by atoms with Crippen LogP contribution in [-0.4, -0.2) is 23.5 Å². The molecule has 12 heavy (non-hydrogen) atoms. The van der Waals surface area contributed by atoms with Crippen molar-refractivity contribution in [3.05, 3.63) is 0 Å². The fourth-order valence-electron chi connectivity index (χ4n) is 1.28. The van der Waals surface area contributed by atoms with Gasteiger partial charge < -0.3 is 5.11 Å². The van der Waals surface area contributed by atoms with Crippen molar-refractivity contribution in [3.63, 3.8) is 0 Å². The molecule has 0 spiro atoms. The van der Waals surface area contributed by atoms with Gasteiger partial charge in [-0.1, -0.05) is 20.8 Å². The second kappa shape index (κ2) is 6.43. The van der Waals surface area contributed by atoms with Crippen molar-refractivity contribution in [1.82, 2.24) is 0 Å². The topological polar surface area (TPSA) is 32.6 Å². The molecule has 0 aromatic heterocycles. The zero-order valence-corrected chi connectivity index (χ0v) is 11.2. The minimum atomic E-state index is -0.700. The van der Waals surface area contributed by atoms with Gasteiger partial charge in [-0.05, 0) is 19.3 Å². The summed E-state index contributed by atoms with van der Waals surface area (Å²) in [5.41, 5.74) is 0.129. The number of hydrogen-bond acceptors (Lipinski definition) is 2. The van der Waals surface area contributed by atoms with E-state index in [2.05, 4.69) is 4.99 Å². The Hall–Kier alpha value is 0.968. The number of aliphatic imine (C=N–C) groups is 1. The molecule has 72 valence electrons. The normalized spacial score (nSPS) is 17.1. The molecule has 0 amide bonds. The van der Waals surface area contributed by atoms with Gasteiger partial charge in [0.1, 0.15) is 5.60 Å². The Balaban J connectivity index is 0. The van der Waals surface area contributed by atoms with Crippen LogP contribution in [0.5, 0.6) is 0 Å². The van der Waals surface area contributed by atoms with Crippen LogP contribution >= 0.6 is 0 Å². The number of hydrogen-bond donors (Lipinski definition) is 1. The summed E-state index contributed by atoms with van der Waals surface area (Å²) in [6, 6.07) is 0. The Bertz CT molecular complexity index is 157. The summed E-state index contributed by atoms with van der Waals surface area (Å²) in [7, 11) is 1.72. The molecule has 0 radical (unpaired) electrons. The van der Waals surface area contributed by atoms with E-state index in [0.29, 0.717) is 0 Å². The second-order valence-electron chi connectivity index (χ2n) is 3.24. The van der Waals surface area contributed by atoms with E-state index in [-0.39, 0.29) is 46.3 Å². The van der Waals surface area contributed by atoms with E-state index < -0.39 is 5.60 Å². The maximum Gasteiger partial charge on any atom is 0.104 e. The van der Waals surface area contributed by atoms with Crippen molar-refractivity contribution >= 4 is 5.71 Å². The molecule has 0 rings (SSSR count). The average molecular weight is 308 g/mol. The van der Waals surface area contributed by atoms with Crippen molar-refractivity contribution in [2.24, 2.45) is 10.9 Å². The molecular formula is C9H19NOSm. The van der Waals surface area contributed by atoms with Crippen LogP contribution < -0.4 is 0 Å². The zero-order valence-electron chi connectivity index (χ0n) is 8.59. The average Bonchev–Trinajstić information content (AvgIpc) is 2.01. The molecule has 0 aliphatic rings. The van der Waals surface area contributed by atoms with Gasteiger partial charge in [-0.25, -0.2) is 0 Å². The minimum absolute atomic E-state index is 0. The quantitative estimate of drug-likeness (QED) is 0.793. The molecule has 3 heteroatoms. The molecule has 0 saturated carbocycles. The van der Waals surface area contributed by atoms with Crippen LogP contribution in [0.4, 0.5) is 0 Å². The molecule has 1 unspecified atom stereocenters. The fourth-order valence-corrected chi connectivity index (χ4v) is 1.28. The zero-order chi connectivity index (χ0) is 9.07. The molecule has 0 aromatic rings. The molecule has 0 bridgehead atoms. The van der Waals surface area contributed by atoms with E-state index in [1.165, 1.54) is 0 Å². The molecular weight excluding hydrogens is 288 g/mol. The first-order chi connectivity index (χ1) is 4.99.